The molecule has 0 aliphatic heterocycles. The average molecular weight is 244 g/mol. The first-order valence-corrected chi connectivity index (χ1v) is 6.36. The molecule has 0 aromatic rings. The van der Waals surface area contributed by atoms with E-state index in [4.69, 9.17) is 9.84 Å². The highest BCUT2D eigenvalue weighted by Crippen LogP contribution is 2.28. The molecule has 0 saturated heterocycles. The molecule has 2 atom stereocenters. The van der Waals surface area contributed by atoms with E-state index in [1.165, 1.54) is 12.8 Å². The Morgan fingerprint density at radius 2 is 2.18 bits per heavy atom. The minimum Gasteiger partial charge on any atom is -0.396 e. The Bertz CT molecular complexity index is 232. The standard InChI is InChI=1S/C12H24N2O3/c1-9(7-15)10(2)14-12(16)13-5-6-17-8-11-3-4-11/h9-11,15H,3-8H2,1-2H3,(H2,13,14,16). The second-order valence-corrected chi connectivity index (χ2v) is 4.87. The van der Waals surface area contributed by atoms with Gasteiger partial charge in [-0.25, -0.2) is 4.79 Å². The number of aliphatic hydroxyl groups is 1. The van der Waals surface area contributed by atoms with Crippen LogP contribution in [-0.4, -0.2) is 43.5 Å². The van der Waals surface area contributed by atoms with Crippen molar-refractivity contribution in [1.82, 2.24) is 10.6 Å². The monoisotopic (exact) mass is 244 g/mol. The highest BCUT2D eigenvalue weighted by molar-refractivity contribution is 5.74. The first kappa shape index (κ1) is 14.3. The van der Waals surface area contributed by atoms with E-state index < -0.39 is 0 Å². The molecule has 1 rings (SSSR count). The van der Waals surface area contributed by atoms with Crippen LogP contribution in [-0.2, 0) is 4.74 Å². The second kappa shape index (κ2) is 7.50. The van der Waals surface area contributed by atoms with Gasteiger partial charge in [-0.3, -0.25) is 0 Å². The zero-order valence-corrected chi connectivity index (χ0v) is 10.7. The van der Waals surface area contributed by atoms with E-state index in [0.29, 0.717) is 13.2 Å². The van der Waals surface area contributed by atoms with E-state index in [1.54, 1.807) is 0 Å². The van der Waals surface area contributed by atoms with Gasteiger partial charge in [0.1, 0.15) is 0 Å². The zero-order valence-electron chi connectivity index (χ0n) is 10.7. The van der Waals surface area contributed by atoms with Crippen LogP contribution in [0.1, 0.15) is 26.7 Å². The predicted molar refractivity (Wildman–Crippen MR) is 65.8 cm³/mol. The Morgan fingerprint density at radius 3 is 2.76 bits per heavy atom. The van der Waals surface area contributed by atoms with E-state index in [9.17, 15) is 4.79 Å². The maximum Gasteiger partial charge on any atom is 0.315 e. The fourth-order valence-electron chi connectivity index (χ4n) is 1.33. The lowest BCUT2D eigenvalue weighted by Crippen LogP contribution is -2.45. The summed E-state index contributed by atoms with van der Waals surface area (Å²) in [5.41, 5.74) is 0. The van der Waals surface area contributed by atoms with Crippen molar-refractivity contribution in [2.75, 3.05) is 26.4 Å². The van der Waals surface area contributed by atoms with Gasteiger partial charge in [0.15, 0.2) is 0 Å². The fourth-order valence-corrected chi connectivity index (χ4v) is 1.33. The molecule has 5 nitrogen and oxygen atoms in total. The van der Waals surface area contributed by atoms with Gasteiger partial charge in [-0.1, -0.05) is 6.92 Å². The zero-order chi connectivity index (χ0) is 12.7. The number of hydrogen-bond acceptors (Lipinski definition) is 3. The van der Waals surface area contributed by atoms with Gasteiger partial charge in [-0.05, 0) is 31.6 Å². The Morgan fingerprint density at radius 1 is 1.47 bits per heavy atom. The third-order valence-electron chi connectivity index (χ3n) is 3.08. The molecule has 3 N–H and O–H groups in total. The Kier molecular flexibility index (Phi) is 6.29. The summed E-state index contributed by atoms with van der Waals surface area (Å²) in [6.45, 7) is 5.76. The van der Waals surface area contributed by atoms with E-state index in [1.807, 2.05) is 13.8 Å². The number of amides is 2. The van der Waals surface area contributed by atoms with Gasteiger partial charge in [0.05, 0.1) is 6.61 Å². The summed E-state index contributed by atoms with van der Waals surface area (Å²) in [5.74, 6) is 0.820. The number of rotatable bonds is 8. The van der Waals surface area contributed by atoms with Crippen LogP contribution < -0.4 is 10.6 Å². The predicted octanol–water partition coefficient (Wildman–Crippen LogP) is 0.729. The smallest absolute Gasteiger partial charge is 0.315 e. The number of carbonyl (C=O) groups excluding carboxylic acids is 1. The number of ether oxygens (including phenoxy) is 1. The lowest BCUT2D eigenvalue weighted by molar-refractivity contribution is 0.126. The van der Waals surface area contributed by atoms with Gasteiger partial charge in [0.2, 0.25) is 0 Å². The van der Waals surface area contributed by atoms with Gasteiger partial charge < -0.3 is 20.5 Å². The summed E-state index contributed by atoms with van der Waals surface area (Å²) >= 11 is 0. The SMILES string of the molecule is CC(CO)C(C)NC(=O)NCCOCC1CC1. The molecule has 1 aliphatic rings. The Balaban J connectivity index is 1.95. The van der Waals surface area contributed by atoms with Crippen LogP contribution in [0.2, 0.25) is 0 Å². The minimum atomic E-state index is -0.201. The lowest BCUT2D eigenvalue weighted by Gasteiger charge is -2.19. The van der Waals surface area contributed by atoms with Crippen molar-refractivity contribution in [3.63, 3.8) is 0 Å². The van der Waals surface area contributed by atoms with Gasteiger partial charge in [-0.2, -0.15) is 0 Å². The topological polar surface area (TPSA) is 70.6 Å². The van der Waals surface area contributed by atoms with Crippen LogP contribution in [0.4, 0.5) is 4.79 Å². The van der Waals surface area contributed by atoms with E-state index in [2.05, 4.69) is 10.6 Å². The molecular weight excluding hydrogens is 220 g/mol. The first-order valence-electron chi connectivity index (χ1n) is 6.36. The highest BCUT2D eigenvalue weighted by atomic mass is 16.5. The third kappa shape index (κ3) is 6.48. The molecule has 0 bridgehead atoms. The van der Waals surface area contributed by atoms with Gasteiger partial charge in [0, 0.05) is 25.8 Å². The number of hydrogen-bond donors (Lipinski definition) is 3. The molecule has 2 amide bonds. The van der Waals surface area contributed by atoms with Crippen molar-refractivity contribution >= 4 is 6.03 Å². The molecule has 1 saturated carbocycles. The number of aliphatic hydroxyl groups excluding tert-OH is 1. The van der Waals surface area contributed by atoms with E-state index in [0.717, 1.165) is 12.5 Å². The maximum atomic E-state index is 11.4. The number of urea groups is 1. The molecule has 1 aliphatic carbocycles. The van der Waals surface area contributed by atoms with Crippen LogP contribution in [0, 0.1) is 11.8 Å². The summed E-state index contributed by atoms with van der Waals surface area (Å²) in [5, 5.41) is 14.4. The lowest BCUT2D eigenvalue weighted by atomic mass is 10.1. The quantitative estimate of drug-likeness (QED) is 0.551. The molecule has 1 fully saturated rings. The summed E-state index contributed by atoms with van der Waals surface area (Å²) in [4.78, 5) is 11.4. The van der Waals surface area contributed by atoms with Crippen molar-refractivity contribution in [1.29, 1.82) is 0 Å². The van der Waals surface area contributed by atoms with E-state index >= 15 is 0 Å². The largest absolute Gasteiger partial charge is 0.396 e. The summed E-state index contributed by atoms with van der Waals surface area (Å²) in [6.07, 6.45) is 2.56. The molecular formula is C12H24N2O3. The molecule has 5 heteroatoms. The van der Waals surface area contributed by atoms with Crippen LogP contribution >= 0.6 is 0 Å². The minimum absolute atomic E-state index is 0.0348. The molecule has 0 radical (unpaired) electrons. The van der Waals surface area contributed by atoms with Crippen molar-refractivity contribution < 1.29 is 14.6 Å². The fraction of sp³-hybridized carbons (Fsp3) is 0.917. The van der Waals surface area contributed by atoms with E-state index in [-0.39, 0.29) is 24.6 Å². The molecule has 0 aromatic heterocycles. The molecule has 0 heterocycles. The summed E-state index contributed by atoms with van der Waals surface area (Å²) in [6, 6.07) is -0.236. The molecule has 0 spiro atoms. The van der Waals surface area contributed by atoms with Crippen LogP contribution in [0.5, 0.6) is 0 Å². The number of carbonyl (C=O) groups is 1. The Labute approximate surface area is 103 Å². The Hall–Kier alpha value is -0.810. The average Bonchev–Trinajstić information content (AvgIpc) is 3.11. The molecule has 2 unspecified atom stereocenters. The van der Waals surface area contributed by atoms with Crippen LogP contribution in [0.25, 0.3) is 0 Å². The molecule has 100 valence electrons. The second-order valence-electron chi connectivity index (χ2n) is 4.87. The van der Waals surface area contributed by atoms with Crippen LogP contribution in [0.15, 0.2) is 0 Å². The number of nitrogens with one attached hydrogen (secondary N) is 2. The van der Waals surface area contributed by atoms with Crippen molar-refractivity contribution in [2.45, 2.75) is 32.7 Å². The van der Waals surface area contributed by atoms with Gasteiger partial charge in [-0.15, -0.1) is 0 Å². The molecule has 0 aromatic carbocycles. The van der Waals surface area contributed by atoms with Gasteiger partial charge in [0.25, 0.3) is 0 Å². The highest BCUT2D eigenvalue weighted by Gasteiger charge is 2.20. The maximum absolute atomic E-state index is 11.4. The summed E-state index contributed by atoms with van der Waals surface area (Å²) < 4.78 is 5.40. The van der Waals surface area contributed by atoms with Crippen molar-refractivity contribution in [3.05, 3.63) is 0 Å². The van der Waals surface area contributed by atoms with Gasteiger partial charge >= 0.3 is 6.03 Å². The normalized spacial score (nSPS) is 18.5. The van der Waals surface area contributed by atoms with Crippen molar-refractivity contribution in [2.24, 2.45) is 11.8 Å². The van der Waals surface area contributed by atoms with Crippen molar-refractivity contribution in [3.8, 4) is 0 Å². The van der Waals surface area contributed by atoms with Crippen LogP contribution in [0.3, 0.4) is 0 Å². The molecule has 17 heavy (non-hydrogen) atoms. The summed E-state index contributed by atoms with van der Waals surface area (Å²) in [7, 11) is 0. The third-order valence-corrected chi connectivity index (χ3v) is 3.08. The first-order chi connectivity index (χ1) is 8.13.